The van der Waals surface area contributed by atoms with Gasteiger partial charge in [-0.25, -0.2) is 4.39 Å². The van der Waals surface area contributed by atoms with E-state index in [1.54, 1.807) is 13.0 Å². The van der Waals surface area contributed by atoms with Crippen molar-refractivity contribution in [1.82, 2.24) is 5.43 Å². The third-order valence-corrected chi connectivity index (χ3v) is 2.36. The van der Waals surface area contributed by atoms with Crippen LogP contribution in [0.5, 0.6) is 0 Å². The summed E-state index contributed by atoms with van der Waals surface area (Å²) < 4.78 is 13.0. The van der Waals surface area contributed by atoms with Crippen molar-refractivity contribution in [3.05, 3.63) is 35.1 Å². The second-order valence-electron chi connectivity index (χ2n) is 3.52. The molecule has 0 spiro atoms. The van der Waals surface area contributed by atoms with Gasteiger partial charge in [-0.15, -0.1) is 0 Å². The van der Waals surface area contributed by atoms with Gasteiger partial charge in [0.1, 0.15) is 5.82 Å². The van der Waals surface area contributed by atoms with Crippen molar-refractivity contribution in [2.45, 2.75) is 32.7 Å². The van der Waals surface area contributed by atoms with Gasteiger partial charge in [-0.05, 0) is 30.5 Å². The molecule has 0 bridgehead atoms. The lowest BCUT2D eigenvalue weighted by atomic mass is 10.0. The van der Waals surface area contributed by atoms with Crippen molar-refractivity contribution in [1.29, 1.82) is 0 Å². The Morgan fingerprint density at radius 3 is 2.71 bits per heavy atom. The van der Waals surface area contributed by atoms with Gasteiger partial charge in [-0.3, -0.25) is 11.3 Å². The summed E-state index contributed by atoms with van der Waals surface area (Å²) in [5.41, 5.74) is 4.46. The fourth-order valence-electron chi connectivity index (χ4n) is 1.52. The largest absolute Gasteiger partial charge is 0.271 e. The van der Waals surface area contributed by atoms with E-state index >= 15 is 0 Å². The molecule has 0 aromatic heterocycles. The van der Waals surface area contributed by atoms with Gasteiger partial charge in [0.25, 0.3) is 0 Å². The molecule has 3 N–H and O–H groups in total. The SMILES string of the molecule is CCCC(NN)c1ccc(F)c(C)c1. The maximum Gasteiger partial charge on any atom is 0.126 e. The number of hydrogen-bond donors (Lipinski definition) is 2. The maximum absolute atomic E-state index is 13.0. The van der Waals surface area contributed by atoms with E-state index in [0.29, 0.717) is 5.56 Å². The molecule has 1 rings (SSSR count). The first-order valence-electron chi connectivity index (χ1n) is 4.91. The average Bonchev–Trinajstić information content (AvgIpc) is 2.19. The summed E-state index contributed by atoms with van der Waals surface area (Å²) in [4.78, 5) is 0. The monoisotopic (exact) mass is 196 g/mol. The molecule has 0 aliphatic rings. The van der Waals surface area contributed by atoms with Gasteiger partial charge in [0.2, 0.25) is 0 Å². The molecule has 1 unspecified atom stereocenters. The van der Waals surface area contributed by atoms with Crippen LogP contribution in [0.25, 0.3) is 0 Å². The fraction of sp³-hybridized carbons (Fsp3) is 0.455. The van der Waals surface area contributed by atoms with Crippen LogP contribution in [0.15, 0.2) is 18.2 Å². The van der Waals surface area contributed by atoms with E-state index in [9.17, 15) is 4.39 Å². The van der Waals surface area contributed by atoms with Gasteiger partial charge in [-0.2, -0.15) is 0 Å². The second-order valence-corrected chi connectivity index (χ2v) is 3.52. The van der Waals surface area contributed by atoms with Crippen LogP contribution in [0.3, 0.4) is 0 Å². The van der Waals surface area contributed by atoms with Crippen LogP contribution >= 0.6 is 0 Å². The van der Waals surface area contributed by atoms with Crippen LogP contribution in [-0.2, 0) is 0 Å². The molecule has 1 aromatic carbocycles. The van der Waals surface area contributed by atoms with Crippen LogP contribution in [-0.4, -0.2) is 0 Å². The van der Waals surface area contributed by atoms with Gasteiger partial charge in [0.05, 0.1) is 0 Å². The molecule has 0 saturated heterocycles. The molecule has 1 aromatic rings. The molecule has 0 fully saturated rings. The quantitative estimate of drug-likeness (QED) is 0.573. The standard InChI is InChI=1S/C11H17FN2/c1-3-4-11(14-13)9-5-6-10(12)8(2)7-9/h5-7,11,14H,3-4,13H2,1-2H3. The van der Waals surface area contributed by atoms with Crippen molar-refractivity contribution in [2.75, 3.05) is 0 Å². The van der Waals surface area contributed by atoms with Crippen LogP contribution in [0.1, 0.15) is 36.9 Å². The Balaban J connectivity index is 2.88. The molecular formula is C11H17FN2. The minimum Gasteiger partial charge on any atom is -0.271 e. The molecule has 0 heterocycles. The number of nitrogens with two attached hydrogens (primary N) is 1. The maximum atomic E-state index is 13.0. The number of hydrogen-bond acceptors (Lipinski definition) is 2. The predicted octanol–water partition coefficient (Wildman–Crippen LogP) is 2.44. The van der Waals surface area contributed by atoms with Crippen LogP contribution in [0, 0.1) is 12.7 Å². The lowest BCUT2D eigenvalue weighted by molar-refractivity contribution is 0.508. The summed E-state index contributed by atoms with van der Waals surface area (Å²) in [5.74, 6) is 5.27. The Hall–Kier alpha value is -0.930. The van der Waals surface area contributed by atoms with Crippen molar-refractivity contribution in [3.63, 3.8) is 0 Å². The fourth-order valence-corrected chi connectivity index (χ4v) is 1.52. The number of rotatable bonds is 4. The highest BCUT2D eigenvalue weighted by molar-refractivity contribution is 5.26. The topological polar surface area (TPSA) is 38.0 Å². The van der Waals surface area contributed by atoms with Gasteiger partial charge in [-0.1, -0.05) is 25.5 Å². The van der Waals surface area contributed by atoms with Crippen LogP contribution < -0.4 is 11.3 Å². The second kappa shape index (κ2) is 5.08. The van der Waals surface area contributed by atoms with Gasteiger partial charge in [0, 0.05) is 6.04 Å². The Morgan fingerprint density at radius 1 is 1.50 bits per heavy atom. The summed E-state index contributed by atoms with van der Waals surface area (Å²) in [6.45, 7) is 3.86. The molecule has 3 heteroatoms. The van der Waals surface area contributed by atoms with Gasteiger partial charge in [0.15, 0.2) is 0 Å². The third-order valence-electron chi connectivity index (χ3n) is 2.36. The van der Waals surface area contributed by atoms with Gasteiger partial charge < -0.3 is 0 Å². The van der Waals surface area contributed by atoms with Crippen molar-refractivity contribution >= 4 is 0 Å². The first-order valence-corrected chi connectivity index (χ1v) is 4.91. The summed E-state index contributed by atoms with van der Waals surface area (Å²) in [6.07, 6.45) is 2.01. The smallest absolute Gasteiger partial charge is 0.126 e. The molecule has 2 nitrogen and oxygen atoms in total. The zero-order valence-corrected chi connectivity index (χ0v) is 8.68. The van der Waals surface area contributed by atoms with Crippen LogP contribution in [0.2, 0.25) is 0 Å². The van der Waals surface area contributed by atoms with E-state index in [0.717, 1.165) is 18.4 Å². The molecule has 0 amide bonds. The third kappa shape index (κ3) is 2.53. The summed E-state index contributed by atoms with van der Waals surface area (Å²) >= 11 is 0. The lowest BCUT2D eigenvalue weighted by Crippen LogP contribution is -2.27. The normalized spacial score (nSPS) is 12.9. The van der Waals surface area contributed by atoms with Gasteiger partial charge >= 0.3 is 0 Å². The van der Waals surface area contributed by atoms with Crippen molar-refractivity contribution < 1.29 is 4.39 Å². The molecular weight excluding hydrogens is 179 g/mol. The van der Waals surface area contributed by atoms with E-state index in [1.165, 1.54) is 6.07 Å². The minimum absolute atomic E-state index is 0.124. The van der Waals surface area contributed by atoms with Crippen LogP contribution in [0.4, 0.5) is 4.39 Å². The van der Waals surface area contributed by atoms with E-state index in [2.05, 4.69) is 12.3 Å². The number of nitrogens with one attached hydrogen (secondary N) is 1. The average molecular weight is 196 g/mol. The Labute approximate surface area is 84.3 Å². The highest BCUT2D eigenvalue weighted by Crippen LogP contribution is 2.19. The highest BCUT2D eigenvalue weighted by atomic mass is 19.1. The number of aryl methyl sites for hydroxylation is 1. The summed E-state index contributed by atoms with van der Waals surface area (Å²) in [7, 11) is 0. The van der Waals surface area contributed by atoms with Crippen molar-refractivity contribution in [2.24, 2.45) is 5.84 Å². The molecule has 0 radical (unpaired) electrons. The minimum atomic E-state index is -0.166. The van der Waals surface area contributed by atoms with E-state index in [1.807, 2.05) is 6.07 Å². The summed E-state index contributed by atoms with van der Waals surface area (Å²) in [6, 6.07) is 5.24. The number of halogens is 1. The zero-order valence-electron chi connectivity index (χ0n) is 8.68. The number of benzene rings is 1. The van der Waals surface area contributed by atoms with E-state index in [-0.39, 0.29) is 11.9 Å². The zero-order chi connectivity index (χ0) is 10.6. The molecule has 0 saturated carbocycles. The van der Waals surface area contributed by atoms with E-state index in [4.69, 9.17) is 5.84 Å². The molecule has 14 heavy (non-hydrogen) atoms. The molecule has 1 atom stereocenters. The van der Waals surface area contributed by atoms with Crippen molar-refractivity contribution in [3.8, 4) is 0 Å². The molecule has 78 valence electrons. The predicted molar refractivity (Wildman–Crippen MR) is 56.1 cm³/mol. The Kier molecular flexibility index (Phi) is 4.04. The first kappa shape index (κ1) is 11.1. The number of hydrazine groups is 1. The highest BCUT2D eigenvalue weighted by Gasteiger charge is 2.09. The van der Waals surface area contributed by atoms with E-state index < -0.39 is 0 Å². The lowest BCUT2D eigenvalue weighted by Gasteiger charge is -2.15. The molecule has 0 aliphatic carbocycles. The Morgan fingerprint density at radius 2 is 2.21 bits per heavy atom. The first-order chi connectivity index (χ1) is 6.69. The Bertz CT molecular complexity index is 299. The molecule has 0 aliphatic heterocycles. The summed E-state index contributed by atoms with van der Waals surface area (Å²) in [5, 5.41) is 0.